The lowest BCUT2D eigenvalue weighted by Crippen LogP contribution is -2.28. The number of alkyl halides is 1. The van der Waals surface area contributed by atoms with Crippen LogP contribution in [0.4, 0.5) is 4.39 Å². The average Bonchev–Trinajstić information content (AvgIpc) is 2.32. The molecule has 0 unspecified atom stereocenters. The van der Waals surface area contributed by atoms with Crippen molar-refractivity contribution in [1.29, 1.82) is 0 Å². The predicted molar refractivity (Wildman–Crippen MR) is 65.3 cm³/mol. The molecular formula is C11H12Cl2FNO2. The van der Waals surface area contributed by atoms with Gasteiger partial charge in [-0.15, -0.1) is 11.6 Å². The minimum absolute atomic E-state index is 0.0731. The zero-order chi connectivity index (χ0) is 12.7. The third-order valence-corrected chi connectivity index (χ3v) is 2.40. The molecule has 1 amide bonds. The maximum Gasteiger partial charge on any atom is 0.254 e. The summed E-state index contributed by atoms with van der Waals surface area (Å²) in [7, 11) is 0. The third kappa shape index (κ3) is 4.50. The van der Waals surface area contributed by atoms with Crippen molar-refractivity contribution in [2.24, 2.45) is 0 Å². The van der Waals surface area contributed by atoms with Crippen molar-refractivity contribution in [1.82, 2.24) is 5.32 Å². The molecule has 6 heteroatoms. The molecule has 0 saturated carbocycles. The maximum atomic E-state index is 13.4. The Labute approximate surface area is 109 Å². The molecule has 0 aromatic heterocycles. The average molecular weight is 280 g/mol. The van der Waals surface area contributed by atoms with E-state index in [1.807, 2.05) is 0 Å². The van der Waals surface area contributed by atoms with Crippen LogP contribution in [0.2, 0.25) is 5.02 Å². The van der Waals surface area contributed by atoms with E-state index >= 15 is 0 Å². The van der Waals surface area contributed by atoms with E-state index < -0.39 is 11.7 Å². The van der Waals surface area contributed by atoms with E-state index in [4.69, 9.17) is 27.9 Å². The topological polar surface area (TPSA) is 38.3 Å². The molecule has 1 aromatic rings. The van der Waals surface area contributed by atoms with Crippen LogP contribution in [0.15, 0.2) is 18.2 Å². The summed E-state index contributed by atoms with van der Waals surface area (Å²) in [5.41, 5.74) is -0.0742. The van der Waals surface area contributed by atoms with Crippen LogP contribution in [0.25, 0.3) is 0 Å². The molecule has 17 heavy (non-hydrogen) atoms. The Bertz CT molecular complexity index is 388. The lowest BCUT2D eigenvalue weighted by Gasteiger charge is -2.06. The van der Waals surface area contributed by atoms with Crippen LogP contribution in [0, 0.1) is 5.82 Å². The molecule has 0 atom stereocenters. The summed E-state index contributed by atoms with van der Waals surface area (Å²) in [5.74, 6) is -0.829. The zero-order valence-electron chi connectivity index (χ0n) is 9.01. The van der Waals surface area contributed by atoms with Gasteiger partial charge >= 0.3 is 0 Å². The first-order valence-corrected chi connectivity index (χ1v) is 5.94. The summed E-state index contributed by atoms with van der Waals surface area (Å²) >= 11 is 11.0. The highest BCUT2D eigenvalue weighted by atomic mass is 35.5. The lowest BCUT2D eigenvalue weighted by molar-refractivity contribution is 0.0919. The zero-order valence-corrected chi connectivity index (χ0v) is 10.5. The van der Waals surface area contributed by atoms with E-state index in [1.165, 1.54) is 18.2 Å². The van der Waals surface area contributed by atoms with Crippen LogP contribution < -0.4 is 5.32 Å². The van der Waals surface area contributed by atoms with Crippen LogP contribution in [0.1, 0.15) is 10.4 Å². The molecule has 0 spiro atoms. The number of carbonyl (C=O) groups is 1. The molecule has 1 aromatic carbocycles. The molecule has 0 aliphatic carbocycles. The standard InChI is InChI=1S/C11H12Cl2FNO2/c12-4-6-17-7-5-15-11(16)8-2-1-3-9(13)10(8)14/h1-3H,4-7H2,(H,15,16). The first kappa shape index (κ1) is 14.2. The van der Waals surface area contributed by atoms with Gasteiger partial charge in [-0.3, -0.25) is 4.79 Å². The van der Waals surface area contributed by atoms with Crippen molar-refractivity contribution in [3.63, 3.8) is 0 Å². The molecule has 0 bridgehead atoms. The van der Waals surface area contributed by atoms with E-state index in [0.717, 1.165) is 0 Å². The van der Waals surface area contributed by atoms with Gasteiger partial charge in [-0.25, -0.2) is 4.39 Å². The number of rotatable bonds is 6. The van der Waals surface area contributed by atoms with Crippen LogP contribution in [0.5, 0.6) is 0 Å². The fourth-order valence-corrected chi connectivity index (χ4v) is 1.45. The van der Waals surface area contributed by atoms with Gasteiger partial charge in [0, 0.05) is 12.4 Å². The number of ether oxygens (including phenoxy) is 1. The molecule has 1 N–H and O–H groups in total. The number of nitrogens with one attached hydrogen (secondary N) is 1. The Morgan fingerprint density at radius 1 is 1.41 bits per heavy atom. The summed E-state index contributed by atoms with van der Waals surface area (Å²) in [6, 6.07) is 4.28. The fourth-order valence-electron chi connectivity index (χ4n) is 1.17. The number of amides is 1. The van der Waals surface area contributed by atoms with Crippen LogP contribution in [-0.4, -0.2) is 31.5 Å². The largest absolute Gasteiger partial charge is 0.378 e. The Morgan fingerprint density at radius 2 is 2.18 bits per heavy atom. The second kappa shape index (κ2) is 7.48. The van der Waals surface area contributed by atoms with Gasteiger partial charge in [-0.2, -0.15) is 0 Å². The Kier molecular flexibility index (Phi) is 6.26. The number of hydrogen-bond acceptors (Lipinski definition) is 2. The van der Waals surface area contributed by atoms with Gasteiger partial charge in [0.25, 0.3) is 5.91 Å². The van der Waals surface area contributed by atoms with Crippen molar-refractivity contribution in [3.05, 3.63) is 34.6 Å². The summed E-state index contributed by atoms with van der Waals surface area (Å²) < 4.78 is 18.5. The van der Waals surface area contributed by atoms with Crippen molar-refractivity contribution in [2.75, 3.05) is 25.6 Å². The number of benzene rings is 1. The van der Waals surface area contributed by atoms with Gasteiger partial charge in [-0.1, -0.05) is 17.7 Å². The van der Waals surface area contributed by atoms with Gasteiger partial charge in [0.05, 0.1) is 23.8 Å². The smallest absolute Gasteiger partial charge is 0.254 e. The summed E-state index contributed by atoms with van der Waals surface area (Å²) in [6.45, 7) is 1.05. The van der Waals surface area contributed by atoms with Crippen molar-refractivity contribution in [2.45, 2.75) is 0 Å². The highest BCUT2D eigenvalue weighted by molar-refractivity contribution is 6.31. The van der Waals surface area contributed by atoms with E-state index in [9.17, 15) is 9.18 Å². The monoisotopic (exact) mass is 279 g/mol. The van der Waals surface area contributed by atoms with Gasteiger partial charge in [0.1, 0.15) is 0 Å². The predicted octanol–water partition coefficient (Wildman–Crippen LogP) is 2.46. The second-order valence-electron chi connectivity index (χ2n) is 3.16. The summed E-state index contributed by atoms with van der Waals surface area (Å²) in [4.78, 5) is 11.6. The molecule has 0 saturated heterocycles. The number of halogens is 3. The van der Waals surface area contributed by atoms with Crippen molar-refractivity contribution in [3.8, 4) is 0 Å². The Balaban J connectivity index is 2.44. The van der Waals surface area contributed by atoms with Gasteiger partial charge in [0.15, 0.2) is 5.82 Å². The molecule has 3 nitrogen and oxygen atoms in total. The maximum absolute atomic E-state index is 13.4. The van der Waals surface area contributed by atoms with Gasteiger partial charge in [-0.05, 0) is 12.1 Å². The minimum atomic E-state index is -0.714. The van der Waals surface area contributed by atoms with Crippen molar-refractivity contribution < 1.29 is 13.9 Å². The number of hydrogen-bond donors (Lipinski definition) is 1. The van der Waals surface area contributed by atoms with E-state index in [-0.39, 0.29) is 10.6 Å². The molecular weight excluding hydrogens is 268 g/mol. The first-order valence-electron chi connectivity index (χ1n) is 5.02. The molecule has 0 fully saturated rings. The van der Waals surface area contributed by atoms with E-state index in [2.05, 4.69) is 5.32 Å². The molecule has 1 rings (SSSR count). The summed E-state index contributed by atoms with van der Waals surface area (Å²) in [6.07, 6.45) is 0. The third-order valence-electron chi connectivity index (χ3n) is 1.95. The van der Waals surface area contributed by atoms with Crippen LogP contribution in [-0.2, 0) is 4.74 Å². The minimum Gasteiger partial charge on any atom is -0.378 e. The Hall–Kier alpha value is -0.840. The van der Waals surface area contributed by atoms with E-state index in [0.29, 0.717) is 25.6 Å². The fraction of sp³-hybridized carbons (Fsp3) is 0.364. The van der Waals surface area contributed by atoms with Crippen LogP contribution in [0.3, 0.4) is 0 Å². The quantitative estimate of drug-likeness (QED) is 0.642. The molecule has 0 aliphatic rings. The molecule has 0 aliphatic heterocycles. The van der Waals surface area contributed by atoms with E-state index in [1.54, 1.807) is 0 Å². The highest BCUT2D eigenvalue weighted by Crippen LogP contribution is 2.17. The lowest BCUT2D eigenvalue weighted by atomic mass is 10.2. The van der Waals surface area contributed by atoms with Gasteiger partial charge in [0.2, 0.25) is 0 Å². The second-order valence-corrected chi connectivity index (χ2v) is 3.94. The molecule has 0 radical (unpaired) electrons. The Morgan fingerprint density at radius 3 is 2.88 bits per heavy atom. The molecule has 0 heterocycles. The van der Waals surface area contributed by atoms with Gasteiger partial charge < -0.3 is 10.1 Å². The number of carbonyl (C=O) groups excluding carboxylic acids is 1. The SMILES string of the molecule is O=C(NCCOCCCl)c1cccc(Cl)c1F. The first-order chi connectivity index (χ1) is 8.16. The summed E-state index contributed by atoms with van der Waals surface area (Å²) in [5, 5.41) is 2.45. The van der Waals surface area contributed by atoms with Crippen molar-refractivity contribution >= 4 is 29.1 Å². The van der Waals surface area contributed by atoms with Crippen LogP contribution >= 0.6 is 23.2 Å². The highest BCUT2D eigenvalue weighted by Gasteiger charge is 2.13. The normalized spacial score (nSPS) is 10.3. The molecule has 94 valence electrons.